The third-order valence-corrected chi connectivity index (χ3v) is 14.4. The third-order valence-electron chi connectivity index (χ3n) is 14.4. The molecular weight excluding hydrogens is 1050 g/mol. The van der Waals surface area contributed by atoms with Crippen molar-refractivity contribution in [2.75, 3.05) is 19.6 Å². The maximum absolute atomic E-state index is 14.8. The van der Waals surface area contributed by atoms with Crippen molar-refractivity contribution < 1.29 is 57.8 Å². The van der Waals surface area contributed by atoms with E-state index in [2.05, 4.69) is 47.5 Å². The number of aliphatic carboxylic acids is 1. The molecule has 0 bridgehead atoms. The molecule has 2 aromatic rings. The summed E-state index contributed by atoms with van der Waals surface area (Å²) in [6.45, 7) is 9.98. The van der Waals surface area contributed by atoms with Gasteiger partial charge in [0.05, 0.1) is 0 Å². The minimum atomic E-state index is -1.52. The average molecular weight is 1130 g/mol. The Bertz CT molecular complexity index is 2600. The Kier molecular flexibility index (Phi) is 24.0. The number of hydrogen-bond acceptors (Lipinski definition) is 12. The lowest BCUT2D eigenvalue weighted by Gasteiger charge is -2.32. The molecule has 10 atom stereocenters. The number of carboxylic acid groups (broad SMARTS) is 1. The number of hydrogen-bond donors (Lipinski definition) is 11. The standard InChI is InChI=1S/C56H81N13O12/c1-31(2)28-39-50(76)66-41(30-36-18-11-8-12-19-36)55(81)68-26-14-21-42(68)51(77)61-34(6)46(72)62-38(23-24-44(70)71)48(74)60-33(5)47(73)65-40(29-35-16-9-7-10-17-35)54(80)69-27-15-22-43(69)52(78)67-45(32(3)4)53(79)63-37(49(75)64-39)20-13-25-59-56(57)58/h7-12,16-19,31-34,37-43,45H,13-15,20-30H2,1-6H3,(H,60,74)(H,61,77)(H,62,72)(H,63,79)(H,64,75)(H,65,73)(H,66,76)(H,67,78)(H,70,71)(H4,57,58,59)/t33-,34-,37-,38-,39-,40+,41+,42-,43-,45-/m0/s1. The van der Waals surface area contributed by atoms with E-state index >= 15 is 0 Å². The highest BCUT2D eigenvalue weighted by Crippen LogP contribution is 2.23. The van der Waals surface area contributed by atoms with Crippen LogP contribution in [0.1, 0.15) is 110 Å². The van der Waals surface area contributed by atoms with Gasteiger partial charge in [-0.1, -0.05) is 88.4 Å². The van der Waals surface area contributed by atoms with E-state index in [0.717, 1.165) is 0 Å². The molecule has 0 saturated carbocycles. The fourth-order valence-electron chi connectivity index (χ4n) is 10.1. The van der Waals surface area contributed by atoms with Gasteiger partial charge >= 0.3 is 5.97 Å². The molecule has 3 aliphatic rings. The van der Waals surface area contributed by atoms with Crippen LogP contribution in [0.25, 0.3) is 0 Å². The molecule has 81 heavy (non-hydrogen) atoms. The average Bonchev–Trinajstić information content (AvgIpc) is 4.15. The van der Waals surface area contributed by atoms with E-state index in [0.29, 0.717) is 24.0 Å². The van der Waals surface area contributed by atoms with Gasteiger partial charge in [-0.25, -0.2) is 0 Å². The van der Waals surface area contributed by atoms with Crippen molar-refractivity contribution in [1.29, 1.82) is 0 Å². The summed E-state index contributed by atoms with van der Waals surface area (Å²) >= 11 is 0. The molecular formula is C56H81N13O12. The molecule has 0 unspecified atom stereocenters. The van der Waals surface area contributed by atoms with Gasteiger partial charge in [0.25, 0.3) is 0 Å². The molecule has 442 valence electrons. The van der Waals surface area contributed by atoms with E-state index in [4.69, 9.17) is 11.5 Å². The van der Waals surface area contributed by atoms with Crippen molar-refractivity contribution in [1.82, 2.24) is 52.3 Å². The Morgan fingerprint density at radius 3 is 1.46 bits per heavy atom. The van der Waals surface area contributed by atoms with Crippen LogP contribution in [0.15, 0.2) is 65.7 Å². The first kappa shape index (κ1) is 63.7. The van der Waals surface area contributed by atoms with E-state index in [1.807, 2.05) is 13.8 Å². The number of nitrogens with two attached hydrogens (primary N) is 2. The molecule has 0 aromatic heterocycles. The Hall–Kier alpha value is -8.12. The lowest BCUT2D eigenvalue weighted by atomic mass is 9.99. The van der Waals surface area contributed by atoms with E-state index in [9.17, 15) is 57.8 Å². The number of carboxylic acids is 1. The highest BCUT2D eigenvalue weighted by Gasteiger charge is 2.42. The maximum Gasteiger partial charge on any atom is 0.303 e. The SMILES string of the molecule is CC(C)C[C@@H]1NC(=O)[C@H](CCCN=C(N)N)NC(=O)[C@H](C(C)C)NC(=O)[C@@H]2CCCN2C(=O)[C@@H](Cc2ccccc2)NC(=O)[C@H](C)NC(=O)[C@H](CCC(=O)O)NC(=O)[C@H](C)NC(=O)[C@@H]2CCCN2C(=O)[C@@H](Cc2ccccc2)NC1=O. The number of aliphatic imine (C=N–C) groups is 1. The number of rotatable bonds is 14. The van der Waals surface area contributed by atoms with Gasteiger partial charge in [-0.3, -0.25) is 57.7 Å². The summed E-state index contributed by atoms with van der Waals surface area (Å²) < 4.78 is 0. The Morgan fingerprint density at radius 2 is 0.975 bits per heavy atom. The van der Waals surface area contributed by atoms with Crippen LogP contribution in [-0.2, 0) is 65.6 Å². The smallest absolute Gasteiger partial charge is 0.303 e. The second kappa shape index (κ2) is 30.5. The largest absolute Gasteiger partial charge is 0.481 e. The van der Waals surface area contributed by atoms with E-state index in [-0.39, 0.29) is 76.5 Å². The monoisotopic (exact) mass is 1130 g/mol. The first-order valence-corrected chi connectivity index (χ1v) is 27.8. The Balaban J connectivity index is 1.55. The fourth-order valence-corrected chi connectivity index (χ4v) is 10.1. The van der Waals surface area contributed by atoms with Crippen LogP contribution in [0.4, 0.5) is 0 Å². The van der Waals surface area contributed by atoms with Crippen LogP contribution in [0.3, 0.4) is 0 Å². The lowest BCUT2D eigenvalue weighted by Crippen LogP contribution is -2.61. The summed E-state index contributed by atoms with van der Waals surface area (Å²) in [7, 11) is 0. The number of carbonyl (C=O) groups excluding carboxylic acids is 10. The zero-order chi connectivity index (χ0) is 59.5. The molecule has 3 heterocycles. The predicted octanol–water partition coefficient (Wildman–Crippen LogP) is -0.994. The fraction of sp³-hybridized carbons (Fsp3) is 0.571. The first-order chi connectivity index (χ1) is 38.4. The van der Waals surface area contributed by atoms with Crippen LogP contribution >= 0.6 is 0 Å². The molecule has 3 fully saturated rings. The summed E-state index contributed by atoms with van der Waals surface area (Å²) in [4.78, 5) is 162. The van der Waals surface area contributed by atoms with Crippen molar-refractivity contribution in [3.05, 3.63) is 71.8 Å². The van der Waals surface area contributed by atoms with E-state index in [1.165, 1.54) is 23.6 Å². The number of nitrogens with zero attached hydrogens (tertiary/aromatic N) is 3. The van der Waals surface area contributed by atoms with Crippen molar-refractivity contribution in [2.45, 2.75) is 173 Å². The molecule has 0 aliphatic carbocycles. The summed E-state index contributed by atoms with van der Waals surface area (Å²) in [5, 5.41) is 31.1. The summed E-state index contributed by atoms with van der Waals surface area (Å²) in [6.07, 6.45) is 0.333. The summed E-state index contributed by atoms with van der Waals surface area (Å²) in [6, 6.07) is 4.72. The molecule has 13 N–H and O–H groups in total. The minimum absolute atomic E-state index is 0.0235. The molecule has 3 saturated heterocycles. The Morgan fingerprint density at radius 1 is 0.556 bits per heavy atom. The number of amides is 10. The van der Waals surface area contributed by atoms with Gasteiger partial charge in [0.2, 0.25) is 59.1 Å². The number of fused-ring (bicyclic) bond motifs is 2. The van der Waals surface area contributed by atoms with Gasteiger partial charge in [-0.05, 0) is 88.2 Å². The highest BCUT2D eigenvalue weighted by molar-refractivity contribution is 6.00. The minimum Gasteiger partial charge on any atom is -0.481 e. The first-order valence-electron chi connectivity index (χ1n) is 27.8. The third kappa shape index (κ3) is 19.0. The number of carbonyl (C=O) groups is 11. The summed E-state index contributed by atoms with van der Waals surface area (Å²) in [5.41, 5.74) is 12.5. The molecule has 0 radical (unpaired) electrons. The molecule has 10 amide bonds. The topological polar surface area (TPSA) is 375 Å². The van der Waals surface area contributed by atoms with Gasteiger partial charge in [0, 0.05) is 38.9 Å². The lowest BCUT2D eigenvalue weighted by molar-refractivity contribution is -0.143. The van der Waals surface area contributed by atoms with Crippen molar-refractivity contribution in [3.8, 4) is 0 Å². The molecule has 2 aromatic carbocycles. The van der Waals surface area contributed by atoms with Gasteiger partial charge in [0.1, 0.15) is 60.4 Å². The van der Waals surface area contributed by atoms with Gasteiger partial charge in [-0.2, -0.15) is 0 Å². The van der Waals surface area contributed by atoms with Crippen LogP contribution in [0.5, 0.6) is 0 Å². The van der Waals surface area contributed by atoms with E-state index in [1.54, 1.807) is 74.5 Å². The molecule has 25 heteroatoms. The van der Waals surface area contributed by atoms with Crippen molar-refractivity contribution in [2.24, 2.45) is 28.3 Å². The normalized spacial score (nSPS) is 26.4. The summed E-state index contributed by atoms with van der Waals surface area (Å²) in [5.74, 6) is -9.79. The highest BCUT2D eigenvalue weighted by atomic mass is 16.4. The number of guanidine groups is 1. The second-order valence-electron chi connectivity index (χ2n) is 21.8. The zero-order valence-electron chi connectivity index (χ0n) is 47.0. The molecule has 0 spiro atoms. The Labute approximate surface area is 472 Å². The van der Waals surface area contributed by atoms with Gasteiger partial charge < -0.3 is 68.9 Å². The van der Waals surface area contributed by atoms with Gasteiger partial charge in [-0.15, -0.1) is 0 Å². The van der Waals surface area contributed by atoms with Crippen molar-refractivity contribution >= 4 is 71.0 Å². The quantitative estimate of drug-likeness (QED) is 0.0615. The predicted molar refractivity (Wildman–Crippen MR) is 298 cm³/mol. The second-order valence-corrected chi connectivity index (χ2v) is 21.8. The van der Waals surface area contributed by atoms with Gasteiger partial charge in [0.15, 0.2) is 5.96 Å². The molecule has 5 rings (SSSR count). The molecule has 3 aliphatic heterocycles. The zero-order valence-corrected chi connectivity index (χ0v) is 47.0. The van der Waals surface area contributed by atoms with Crippen LogP contribution in [0.2, 0.25) is 0 Å². The van der Waals surface area contributed by atoms with Crippen molar-refractivity contribution in [3.63, 3.8) is 0 Å². The van der Waals surface area contributed by atoms with Crippen LogP contribution in [0, 0.1) is 11.8 Å². The molecule has 25 nitrogen and oxygen atoms in total. The van der Waals surface area contributed by atoms with E-state index < -0.39 is 144 Å². The van der Waals surface area contributed by atoms with Crippen LogP contribution in [-0.4, -0.2) is 166 Å². The number of nitrogens with one attached hydrogen (secondary N) is 8. The maximum atomic E-state index is 14.8. The van der Waals surface area contributed by atoms with Crippen LogP contribution < -0.4 is 54.0 Å². The number of benzene rings is 2.